The highest BCUT2D eigenvalue weighted by Crippen LogP contribution is 2.27. The normalized spacial score (nSPS) is 22.2. The fourth-order valence-corrected chi connectivity index (χ4v) is 3.62. The van der Waals surface area contributed by atoms with E-state index in [-0.39, 0.29) is 6.03 Å². The molecule has 7 nitrogen and oxygen atoms in total. The minimum Gasteiger partial charge on any atom is -0.325 e. The second kappa shape index (κ2) is 6.86. The summed E-state index contributed by atoms with van der Waals surface area (Å²) < 4.78 is 2.11. The van der Waals surface area contributed by atoms with Crippen molar-refractivity contribution in [1.82, 2.24) is 29.5 Å². The Labute approximate surface area is 138 Å². The van der Waals surface area contributed by atoms with Gasteiger partial charge < -0.3 is 19.3 Å². The minimum atomic E-state index is 0.211. The highest BCUT2D eigenvalue weighted by Gasteiger charge is 2.31. The molecule has 0 N–H and O–H groups in total. The summed E-state index contributed by atoms with van der Waals surface area (Å²) in [7, 11) is 6.10. The number of aromatic nitrogens is 3. The molecule has 0 saturated carbocycles. The number of nitrogens with zero attached hydrogens (tertiary/aromatic N) is 6. The lowest BCUT2D eigenvalue weighted by Gasteiger charge is -2.34. The van der Waals surface area contributed by atoms with E-state index < -0.39 is 0 Å². The molecular weight excluding hydrogens is 292 g/mol. The van der Waals surface area contributed by atoms with Crippen LogP contribution in [0.4, 0.5) is 4.79 Å². The number of hydrogen-bond acceptors (Lipinski definition) is 4. The van der Waals surface area contributed by atoms with Crippen LogP contribution in [0.3, 0.4) is 0 Å². The second-order valence-electron chi connectivity index (χ2n) is 7.03. The summed E-state index contributed by atoms with van der Waals surface area (Å²) in [5.41, 5.74) is 0. The Balaban J connectivity index is 1.68. The highest BCUT2D eigenvalue weighted by atomic mass is 16.2. The molecule has 2 saturated heterocycles. The van der Waals surface area contributed by atoms with Gasteiger partial charge in [0.25, 0.3) is 0 Å². The molecule has 3 rings (SSSR count). The maximum absolute atomic E-state index is 12.6. The van der Waals surface area contributed by atoms with E-state index in [4.69, 9.17) is 0 Å². The summed E-state index contributed by atoms with van der Waals surface area (Å²) >= 11 is 0. The number of hydrogen-bond donors (Lipinski definition) is 0. The molecule has 0 radical (unpaired) electrons. The van der Waals surface area contributed by atoms with Crippen LogP contribution in [-0.2, 0) is 13.6 Å². The number of urea groups is 1. The zero-order chi connectivity index (χ0) is 16.4. The van der Waals surface area contributed by atoms with Crippen LogP contribution in [0.1, 0.15) is 43.3 Å². The Morgan fingerprint density at radius 2 is 1.83 bits per heavy atom. The molecule has 1 unspecified atom stereocenters. The maximum Gasteiger partial charge on any atom is 0.320 e. The van der Waals surface area contributed by atoms with E-state index in [0.29, 0.717) is 5.92 Å². The van der Waals surface area contributed by atoms with Gasteiger partial charge in [-0.15, -0.1) is 10.2 Å². The molecule has 2 amide bonds. The number of carbonyl (C=O) groups excluding carboxylic acids is 1. The topological polar surface area (TPSA) is 57.5 Å². The average Bonchev–Trinajstić information content (AvgIpc) is 3.17. The Morgan fingerprint density at radius 1 is 1.13 bits per heavy atom. The summed E-state index contributed by atoms with van der Waals surface area (Å²) in [5, 5.41) is 8.75. The molecule has 0 spiro atoms. The van der Waals surface area contributed by atoms with Gasteiger partial charge >= 0.3 is 6.03 Å². The molecule has 7 heteroatoms. The van der Waals surface area contributed by atoms with Gasteiger partial charge in [0.05, 0.1) is 6.54 Å². The van der Waals surface area contributed by atoms with E-state index in [2.05, 4.69) is 19.7 Å². The maximum atomic E-state index is 12.6. The molecule has 0 aliphatic carbocycles. The van der Waals surface area contributed by atoms with Gasteiger partial charge in [0, 0.05) is 39.1 Å². The Kier molecular flexibility index (Phi) is 4.84. The van der Waals surface area contributed by atoms with Gasteiger partial charge in [-0.3, -0.25) is 0 Å². The van der Waals surface area contributed by atoms with Crippen LogP contribution in [0.2, 0.25) is 0 Å². The predicted octanol–water partition coefficient (Wildman–Crippen LogP) is 1.27. The molecule has 1 atom stereocenters. The van der Waals surface area contributed by atoms with Crippen molar-refractivity contribution in [3.63, 3.8) is 0 Å². The van der Waals surface area contributed by atoms with Crippen molar-refractivity contribution in [1.29, 1.82) is 0 Å². The quantitative estimate of drug-likeness (QED) is 0.842. The van der Waals surface area contributed by atoms with Crippen LogP contribution in [-0.4, -0.2) is 75.8 Å². The third-order valence-corrected chi connectivity index (χ3v) is 4.89. The number of carbonyl (C=O) groups is 1. The Morgan fingerprint density at radius 3 is 2.52 bits per heavy atom. The first-order chi connectivity index (χ1) is 11.1. The zero-order valence-corrected chi connectivity index (χ0v) is 14.5. The van der Waals surface area contributed by atoms with E-state index >= 15 is 0 Å². The fraction of sp³-hybridized carbons (Fsp3) is 0.812. The van der Waals surface area contributed by atoms with Crippen LogP contribution in [0.25, 0.3) is 0 Å². The van der Waals surface area contributed by atoms with E-state index in [1.807, 2.05) is 30.9 Å². The highest BCUT2D eigenvalue weighted by molar-refractivity contribution is 5.74. The number of likely N-dealkylation sites (tertiary alicyclic amines) is 2. The molecule has 1 aromatic rings. The van der Waals surface area contributed by atoms with E-state index in [1.54, 1.807) is 0 Å². The van der Waals surface area contributed by atoms with Crippen molar-refractivity contribution >= 4 is 6.03 Å². The summed E-state index contributed by atoms with van der Waals surface area (Å²) in [6.45, 7) is 4.25. The van der Waals surface area contributed by atoms with Crippen LogP contribution in [0.15, 0.2) is 0 Å². The number of piperidine rings is 1. The third-order valence-electron chi connectivity index (χ3n) is 4.89. The van der Waals surface area contributed by atoms with Crippen LogP contribution in [0.5, 0.6) is 0 Å². The lowest BCUT2D eigenvalue weighted by molar-refractivity contribution is 0.145. The molecule has 2 aliphatic rings. The van der Waals surface area contributed by atoms with Gasteiger partial charge in [-0.2, -0.15) is 0 Å². The number of rotatable bonds is 3. The van der Waals surface area contributed by atoms with Crippen molar-refractivity contribution in [2.24, 2.45) is 7.05 Å². The SMILES string of the molecule is CN(C)Cc1nnc(C2CCCN(C(=O)N3CCCC3)C2)n1C. The first-order valence-corrected chi connectivity index (χ1v) is 8.63. The van der Waals surface area contributed by atoms with E-state index in [9.17, 15) is 4.79 Å². The smallest absolute Gasteiger partial charge is 0.320 e. The van der Waals surface area contributed by atoms with Crippen molar-refractivity contribution in [3.8, 4) is 0 Å². The van der Waals surface area contributed by atoms with Crippen molar-refractivity contribution in [3.05, 3.63) is 11.6 Å². The van der Waals surface area contributed by atoms with Crippen LogP contribution in [0, 0.1) is 0 Å². The summed E-state index contributed by atoms with van der Waals surface area (Å²) in [5.74, 6) is 2.29. The van der Waals surface area contributed by atoms with E-state index in [0.717, 1.165) is 70.1 Å². The first-order valence-electron chi connectivity index (χ1n) is 8.63. The minimum absolute atomic E-state index is 0.211. The first kappa shape index (κ1) is 16.2. The van der Waals surface area contributed by atoms with Gasteiger partial charge in [-0.25, -0.2) is 4.79 Å². The largest absolute Gasteiger partial charge is 0.325 e. The monoisotopic (exact) mass is 320 g/mol. The molecule has 1 aromatic heterocycles. The third kappa shape index (κ3) is 3.49. The molecule has 128 valence electrons. The fourth-order valence-electron chi connectivity index (χ4n) is 3.62. The van der Waals surface area contributed by atoms with Gasteiger partial charge in [0.1, 0.15) is 11.6 Å². The van der Waals surface area contributed by atoms with E-state index in [1.165, 1.54) is 0 Å². The van der Waals surface area contributed by atoms with Gasteiger partial charge in [0.2, 0.25) is 0 Å². The van der Waals surface area contributed by atoms with Crippen molar-refractivity contribution < 1.29 is 4.79 Å². The lowest BCUT2D eigenvalue weighted by atomic mass is 9.97. The number of amides is 2. The van der Waals surface area contributed by atoms with Crippen molar-refractivity contribution in [2.45, 2.75) is 38.1 Å². The molecule has 2 aliphatic heterocycles. The molecule has 2 fully saturated rings. The zero-order valence-electron chi connectivity index (χ0n) is 14.5. The Bertz CT molecular complexity index is 549. The summed E-state index contributed by atoms with van der Waals surface area (Å²) in [6, 6.07) is 0.211. The van der Waals surface area contributed by atoms with Gasteiger partial charge in [-0.05, 0) is 39.8 Å². The van der Waals surface area contributed by atoms with Gasteiger partial charge in [0.15, 0.2) is 0 Å². The van der Waals surface area contributed by atoms with Crippen LogP contribution < -0.4 is 0 Å². The molecule has 3 heterocycles. The predicted molar refractivity (Wildman–Crippen MR) is 88.1 cm³/mol. The molecule has 23 heavy (non-hydrogen) atoms. The lowest BCUT2D eigenvalue weighted by Crippen LogP contribution is -2.46. The molecule has 0 aromatic carbocycles. The standard InChI is InChI=1S/C16H28N6O/c1-19(2)12-14-17-18-15(20(14)3)13-7-6-10-22(11-13)16(23)21-8-4-5-9-21/h13H,4-12H2,1-3H3. The van der Waals surface area contributed by atoms with Crippen LogP contribution >= 0.6 is 0 Å². The Hall–Kier alpha value is -1.63. The second-order valence-corrected chi connectivity index (χ2v) is 7.03. The van der Waals surface area contributed by atoms with Gasteiger partial charge in [-0.1, -0.05) is 0 Å². The molecule has 0 bridgehead atoms. The summed E-state index contributed by atoms with van der Waals surface area (Å²) in [6.07, 6.45) is 4.40. The van der Waals surface area contributed by atoms with Crippen molar-refractivity contribution in [2.75, 3.05) is 40.3 Å². The average molecular weight is 320 g/mol. The molecular formula is C16H28N6O. The summed E-state index contributed by atoms with van der Waals surface area (Å²) in [4.78, 5) is 18.7.